The quantitative estimate of drug-likeness (QED) is 0.131. The summed E-state index contributed by atoms with van der Waals surface area (Å²) in [5, 5.41) is 81.0. The van der Waals surface area contributed by atoms with E-state index in [-0.39, 0.29) is 6.61 Å². The van der Waals surface area contributed by atoms with Crippen LogP contribution in [0.2, 0.25) is 0 Å². The van der Waals surface area contributed by atoms with Crippen molar-refractivity contribution < 1.29 is 69.3 Å². The van der Waals surface area contributed by atoms with Crippen molar-refractivity contribution in [3.05, 3.63) is 12.7 Å². The Bertz CT molecular complexity index is 639. The fourth-order valence-electron chi connectivity index (χ4n) is 3.46. The molecule has 10 N–H and O–H groups in total. The summed E-state index contributed by atoms with van der Waals surface area (Å²) in [5.41, 5.74) is 4.82. The highest BCUT2D eigenvalue weighted by Gasteiger charge is 2.53. The molecule has 1 amide bonds. The van der Waals surface area contributed by atoms with E-state index < -0.39 is 92.9 Å². The second-order valence-electron chi connectivity index (χ2n) is 7.56. The maximum atomic E-state index is 10.7. The smallest absolute Gasteiger partial charge is 0.404 e. The van der Waals surface area contributed by atoms with Crippen molar-refractivity contribution in [2.45, 2.75) is 73.6 Å². The fraction of sp³-hybridized carbons (Fsp3) is 0.833. The molecule has 0 unspecified atom stereocenters. The van der Waals surface area contributed by atoms with Gasteiger partial charge in [-0.2, -0.15) is 0 Å². The van der Waals surface area contributed by atoms with Crippen LogP contribution in [-0.4, -0.2) is 140 Å². The van der Waals surface area contributed by atoms with Gasteiger partial charge in [0.1, 0.15) is 67.6 Å². The number of carbonyl (C=O) groups is 1. The Balaban J connectivity index is 2.21. The van der Waals surface area contributed by atoms with E-state index in [4.69, 9.17) is 24.7 Å². The molecule has 2 heterocycles. The summed E-state index contributed by atoms with van der Waals surface area (Å²) < 4.78 is 25.8. The second kappa shape index (κ2) is 12.3. The molecular weight excluding hydrogens is 454 g/mol. The van der Waals surface area contributed by atoms with E-state index in [0.717, 1.165) is 0 Å². The lowest BCUT2D eigenvalue weighted by atomic mass is 9.93. The molecule has 15 heteroatoms. The van der Waals surface area contributed by atoms with E-state index in [0.29, 0.717) is 0 Å². The van der Waals surface area contributed by atoms with Gasteiger partial charge in [0.05, 0.1) is 13.2 Å². The molecule has 2 fully saturated rings. The molecule has 0 aromatic heterocycles. The highest BCUT2D eigenvalue weighted by Crippen LogP contribution is 2.31. The highest BCUT2D eigenvalue weighted by molar-refractivity contribution is 5.64. The monoisotopic (exact) mass is 485 g/mol. The van der Waals surface area contributed by atoms with Crippen molar-refractivity contribution in [3.8, 4) is 0 Å². The van der Waals surface area contributed by atoms with Crippen LogP contribution in [0.5, 0.6) is 0 Å². The van der Waals surface area contributed by atoms with E-state index >= 15 is 0 Å². The van der Waals surface area contributed by atoms with Crippen molar-refractivity contribution in [2.24, 2.45) is 5.73 Å². The number of rotatable bonds is 10. The van der Waals surface area contributed by atoms with E-state index in [1.807, 2.05) is 0 Å². The molecular formula is C18H31NO14. The number of ether oxygens (including phenoxy) is 5. The minimum absolute atomic E-state index is 0.103. The van der Waals surface area contributed by atoms with Crippen LogP contribution in [0.15, 0.2) is 12.7 Å². The van der Waals surface area contributed by atoms with Crippen LogP contribution in [0.3, 0.4) is 0 Å². The van der Waals surface area contributed by atoms with Crippen molar-refractivity contribution in [1.82, 2.24) is 0 Å². The molecule has 0 aromatic rings. The lowest BCUT2D eigenvalue weighted by molar-refractivity contribution is -0.367. The largest absolute Gasteiger partial charge is 0.447 e. The molecule has 33 heavy (non-hydrogen) atoms. The van der Waals surface area contributed by atoms with Gasteiger partial charge < -0.3 is 70.3 Å². The Morgan fingerprint density at radius 2 is 1.55 bits per heavy atom. The van der Waals surface area contributed by atoms with Crippen LogP contribution in [0.4, 0.5) is 4.79 Å². The van der Waals surface area contributed by atoms with E-state index in [1.54, 1.807) is 0 Å². The van der Waals surface area contributed by atoms with Gasteiger partial charge in [0.25, 0.3) is 0 Å². The van der Waals surface area contributed by atoms with Crippen LogP contribution in [0.1, 0.15) is 0 Å². The van der Waals surface area contributed by atoms with Gasteiger partial charge in [0, 0.05) is 0 Å². The van der Waals surface area contributed by atoms with Gasteiger partial charge in [-0.05, 0) is 0 Å². The minimum Gasteiger partial charge on any atom is -0.447 e. The zero-order valence-corrected chi connectivity index (χ0v) is 17.4. The Morgan fingerprint density at radius 1 is 0.939 bits per heavy atom. The third-order valence-electron chi connectivity index (χ3n) is 5.20. The molecule has 0 radical (unpaired) electrons. The van der Waals surface area contributed by atoms with Crippen LogP contribution in [0.25, 0.3) is 0 Å². The first-order valence-corrected chi connectivity index (χ1v) is 10.0. The fourth-order valence-corrected chi connectivity index (χ4v) is 3.46. The molecule has 192 valence electrons. The van der Waals surface area contributed by atoms with Crippen molar-refractivity contribution in [3.63, 3.8) is 0 Å². The molecule has 0 saturated carbocycles. The lowest BCUT2D eigenvalue weighted by Gasteiger charge is -2.47. The summed E-state index contributed by atoms with van der Waals surface area (Å²) >= 11 is 0. The summed E-state index contributed by atoms with van der Waals surface area (Å²) in [6.07, 6.45) is -20.5. The number of aliphatic hydroxyl groups is 8. The van der Waals surface area contributed by atoms with Crippen LogP contribution >= 0.6 is 0 Å². The third-order valence-corrected chi connectivity index (χ3v) is 5.20. The number of hydrogen-bond acceptors (Lipinski definition) is 14. The number of hydrogen-bond donors (Lipinski definition) is 9. The normalized spacial score (nSPS) is 41.2. The predicted octanol–water partition coefficient (Wildman–Crippen LogP) is -5.36. The molecule has 0 aliphatic carbocycles. The Hall–Kier alpha value is -1.47. The first kappa shape index (κ1) is 27.8. The standard InChI is InChI=1S/C18H31NO14/c1-2-3-29-16-12(27)15(11(26)13(31-16)6(21)4-20)33-17-10(25)8(23)9(24)14(32-17)7(22)5-30-18(19)28/h2,6-17,20-27H,1,3-5H2,(H2,19,28)/t6-,7-,8-,9-,10-,11+,12-,13+,14+,15-,16-,17+/m0/s1. The number of aliphatic hydroxyl groups excluding tert-OH is 8. The Labute approximate surface area is 188 Å². The molecule has 2 aliphatic rings. The molecule has 0 aromatic carbocycles. The Kier molecular flexibility index (Phi) is 10.3. The van der Waals surface area contributed by atoms with Crippen molar-refractivity contribution in [2.75, 3.05) is 19.8 Å². The predicted molar refractivity (Wildman–Crippen MR) is 103 cm³/mol. The van der Waals surface area contributed by atoms with Gasteiger partial charge in [0.2, 0.25) is 0 Å². The first-order chi connectivity index (χ1) is 15.5. The molecule has 2 aliphatic heterocycles. The van der Waals surface area contributed by atoms with E-state index in [9.17, 15) is 45.6 Å². The minimum atomic E-state index is -1.92. The molecule has 0 bridgehead atoms. The number of primary amides is 1. The number of amides is 1. The summed E-state index contributed by atoms with van der Waals surface area (Å²) in [6, 6.07) is 0. The highest BCUT2D eigenvalue weighted by atomic mass is 16.7. The molecule has 2 saturated heterocycles. The van der Waals surface area contributed by atoms with Gasteiger partial charge in [0.15, 0.2) is 12.6 Å². The topological polar surface area (TPSA) is 251 Å². The van der Waals surface area contributed by atoms with E-state index in [2.05, 4.69) is 11.3 Å². The Morgan fingerprint density at radius 3 is 2.12 bits per heavy atom. The SMILES string of the molecule is C=CCO[C@H]1O[C@H]([C@@H](O)CO)[C@@H](O)[C@H](O[C@H]2O[C@H]([C@@H](O)COC(N)=O)[C@@H](O)[C@H](O)[C@@H]2O)[C@@H]1O. The van der Waals surface area contributed by atoms with E-state index in [1.165, 1.54) is 6.08 Å². The third kappa shape index (κ3) is 6.56. The van der Waals surface area contributed by atoms with Crippen LogP contribution < -0.4 is 5.73 Å². The average Bonchev–Trinajstić information content (AvgIpc) is 2.78. The molecule has 0 spiro atoms. The number of nitrogens with two attached hydrogens (primary N) is 1. The maximum absolute atomic E-state index is 10.7. The lowest BCUT2D eigenvalue weighted by Crippen LogP contribution is -2.66. The number of carbonyl (C=O) groups excluding carboxylic acids is 1. The van der Waals surface area contributed by atoms with Crippen molar-refractivity contribution in [1.29, 1.82) is 0 Å². The van der Waals surface area contributed by atoms with Gasteiger partial charge in [-0.3, -0.25) is 0 Å². The maximum Gasteiger partial charge on any atom is 0.404 e. The van der Waals surface area contributed by atoms with Crippen LogP contribution in [-0.2, 0) is 23.7 Å². The summed E-state index contributed by atoms with van der Waals surface area (Å²) in [6.45, 7) is 1.80. The summed E-state index contributed by atoms with van der Waals surface area (Å²) in [5.74, 6) is 0. The summed E-state index contributed by atoms with van der Waals surface area (Å²) in [7, 11) is 0. The van der Waals surface area contributed by atoms with Gasteiger partial charge >= 0.3 is 6.09 Å². The second-order valence-corrected chi connectivity index (χ2v) is 7.56. The first-order valence-electron chi connectivity index (χ1n) is 10.0. The van der Waals surface area contributed by atoms with Gasteiger partial charge in [-0.1, -0.05) is 6.08 Å². The van der Waals surface area contributed by atoms with Crippen molar-refractivity contribution >= 4 is 6.09 Å². The molecule has 2 rings (SSSR count). The van der Waals surface area contributed by atoms with Crippen LogP contribution in [0, 0.1) is 0 Å². The van der Waals surface area contributed by atoms with Gasteiger partial charge in [-0.25, -0.2) is 4.79 Å². The zero-order valence-electron chi connectivity index (χ0n) is 17.4. The summed E-state index contributed by atoms with van der Waals surface area (Å²) in [4.78, 5) is 10.7. The molecule has 12 atom stereocenters. The zero-order chi connectivity index (χ0) is 24.9. The average molecular weight is 485 g/mol. The molecule has 15 nitrogen and oxygen atoms in total. The van der Waals surface area contributed by atoms with Gasteiger partial charge in [-0.15, -0.1) is 6.58 Å².